The molecule has 17 heavy (non-hydrogen) atoms. The van der Waals surface area contributed by atoms with Crippen LogP contribution in [0.1, 0.15) is 18.9 Å². The number of phenolic OH excluding ortho intramolecular Hbond substituents is 1. The maximum absolute atomic E-state index is 9.90. The van der Waals surface area contributed by atoms with Gasteiger partial charge in [0.2, 0.25) is 0 Å². The lowest BCUT2D eigenvalue weighted by Crippen LogP contribution is -1.96. The summed E-state index contributed by atoms with van der Waals surface area (Å²) in [6, 6.07) is 5.69. The van der Waals surface area contributed by atoms with Crippen LogP contribution in [0.25, 0.3) is 10.9 Å². The van der Waals surface area contributed by atoms with E-state index in [4.69, 9.17) is 4.74 Å². The van der Waals surface area contributed by atoms with Crippen molar-refractivity contribution in [2.75, 3.05) is 6.61 Å². The largest absolute Gasteiger partial charge is 0.505 e. The van der Waals surface area contributed by atoms with Gasteiger partial charge in [0.05, 0.1) is 11.1 Å². The Balaban J connectivity index is 2.44. The predicted octanol–water partition coefficient (Wildman–Crippen LogP) is 3.63. The second kappa shape index (κ2) is 5.47. The molecule has 1 aromatic carbocycles. The molecule has 0 radical (unpaired) electrons. The molecule has 2 aromatic rings. The van der Waals surface area contributed by atoms with Crippen molar-refractivity contribution in [3.63, 3.8) is 0 Å². The first-order valence-electron chi connectivity index (χ1n) is 5.57. The molecule has 0 saturated carbocycles. The Bertz CT molecular complexity index is 528. The number of pyridine rings is 1. The molecule has 0 spiro atoms. The predicted molar refractivity (Wildman–Crippen MR) is 71.1 cm³/mol. The molecule has 0 amide bonds. The molecular formula is C13H14BrNO2. The molecule has 3 nitrogen and oxygen atoms in total. The van der Waals surface area contributed by atoms with Crippen molar-refractivity contribution in [2.45, 2.75) is 20.0 Å². The first-order valence-corrected chi connectivity index (χ1v) is 6.36. The summed E-state index contributed by atoms with van der Waals surface area (Å²) < 4.78 is 6.19. The van der Waals surface area contributed by atoms with E-state index >= 15 is 0 Å². The van der Waals surface area contributed by atoms with Gasteiger partial charge >= 0.3 is 0 Å². The van der Waals surface area contributed by atoms with Crippen molar-refractivity contribution in [3.8, 4) is 5.75 Å². The molecule has 1 heterocycles. The molecule has 90 valence electrons. The van der Waals surface area contributed by atoms with E-state index in [1.807, 2.05) is 18.2 Å². The van der Waals surface area contributed by atoms with E-state index in [0.29, 0.717) is 16.6 Å². The van der Waals surface area contributed by atoms with Crippen LogP contribution in [0, 0.1) is 0 Å². The Labute approximate surface area is 109 Å². The summed E-state index contributed by atoms with van der Waals surface area (Å²) in [5, 5.41) is 10.8. The van der Waals surface area contributed by atoms with E-state index < -0.39 is 0 Å². The van der Waals surface area contributed by atoms with Gasteiger partial charge in [-0.05, 0) is 40.0 Å². The van der Waals surface area contributed by atoms with E-state index in [0.717, 1.165) is 24.0 Å². The standard InChI is InChI=1S/C13H14BrNO2/c1-2-6-17-8-9-7-11(14)13(16)12-10(9)4-3-5-15-12/h3-5,7,16H,2,6,8H2,1H3. The van der Waals surface area contributed by atoms with Crippen LogP contribution < -0.4 is 0 Å². The monoisotopic (exact) mass is 295 g/mol. The molecule has 2 rings (SSSR count). The minimum Gasteiger partial charge on any atom is -0.505 e. The molecule has 0 saturated heterocycles. The fraction of sp³-hybridized carbons (Fsp3) is 0.308. The molecular weight excluding hydrogens is 282 g/mol. The maximum atomic E-state index is 9.90. The highest BCUT2D eigenvalue weighted by Gasteiger charge is 2.10. The van der Waals surface area contributed by atoms with Gasteiger partial charge in [-0.3, -0.25) is 4.98 Å². The highest BCUT2D eigenvalue weighted by Crippen LogP contribution is 2.33. The van der Waals surface area contributed by atoms with Gasteiger partial charge in [0.1, 0.15) is 5.52 Å². The third-order valence-electron chi connectivity index (χ3n) is 2.51. The number of hydrogen-bond acceptors (Lipinski definition) is 3. The second-order valence-corrected chi connectivity index (χ2v) is 4.67. The number of rotatable bonds is 4. The number of aromatic hydroxyl groups is 1. The Morgan fingerprint density at radius 3 is 3.06 bits per heavy atom. The maximum Gasteiger partial charge on any atom is 0.156 e. The van der Waals surface area contributed by atoms with Gasteiger partial charge in [-0.25, -0.2) is 0 Å². The minimum atomic E-state index is 0.180. The third-order valence-corrected chi connectivity index (χ3v) is 3.12. The van der Waals surface area contributed by atoms with E-state index in [1.165, 1.54) is 0 Å². The zero-order chi connectivity index (χ0) is 12.3. The Morgan fingerprint density at radius 1 is 1.47 bits per heavy atom. The fourth-order valence-electron chi connectivity index (χ4n) is 1.71. The topological polar surface area (TPSA) is 42.4 Å². The van der Waals surface area contributed by atoms with E-state index in [1.54, 1.807) is 6.20 Å². The van der Waals surface area contributed by atoms with Crippen LogP contribution >= 0.6 is 15.9 Å². The van der Waals surface area contributed by atoms with Crippen LogP contribution in [0.15, 0.2) is 28.9 Å². The minimum absolute atomic E-state index is 0.180. The molecule has 0 aliphatic carbocycles. The lowest BCUT2D eigenvalue weighted by atomic mass is 10.1. The van der Waals surface area contributed by atoms with Crippen LogP contribution in [0.2, 0.25) is 0 Å². The molecule has 0 aliphatic heterocycles. The summed E-state index contributed by atoms with van der Waals surface area (Å²) in [7, 11) is 0. The first-order chi connectivity index (χ1) is 8.24. The molecule has 0 fully saturated rings. The highest BCUT2D eigenvalue weighted by molar-refractivity contribution is 9.10. The average Bonchev–Trinajstić information content (AvgIpc) is 2.36. The fourth-order valence-corrected chi connectivity index (χ4v) is 2.18. The zero-order valence-corrected chi connectivity index (χ0v) is 11.2. The number of nitrogens with zero attached hydrogens (tertiary/aromatic N) is 1. The van der Waals surface area contributed by atoms with Crippen molar-refractivity contribution in [3.05, 3.63) is 34.4 Å². The summed E-state index contributed by atoms with van der Waals surface area (Å²) in [5.41, 5.74) is 1.64. The van der Waals surface area contributed by atoms with Gasteiger partial charge in [-0.2, -0.15) is 0 Å². The molecule has 1 N–H and O–H groups in total. The average molecular weight is 296 g/mol. The summed E-state index contributed by atoms with van der Waals surface area (Å²) in [6.45, 7) is 3.35. The zero-order valence-electron chi connectivity index (χ0n) is 9.61. The van der Waals surface area contributed by atoms with Crippen molar-refractivity contribution in [2.24, 2.45) is 0 Å². The smallest absolute Gasteiger partial charge is 0.156 e. The van der Waals surface area contributed by atoms with Crippen molar-refractivity contribution in [1.29, 1.82) is 0 Å². The SMILES string of the molecule is CCCOCc1cc(Br)c(O)c2ncccc12. The number of aromatic nitrogens is 1. The third kappa shape index (κ3) is 2.58. The quantitative estimate of drug-likeness (QED) is 0.876. The van der Waals surface area contributed by atoms with Crippen LogP contribution in [0.5, 0.6) is 5.75 Å². The Morgan fingerprint density at radius 2 is 2.29 bits per heavy atom. The van der Waals surface area contributed by atoms with Crippen LogP contribution in [-0.4, -0.2) is 16.7 Å². The molecule has 0 unspecified atom stereocenters. The van der Waals surface area contributed by atoms with Crippen LogP contribution in [0.4, 0.5) is 0 Å². The van der Waals surface area contributed by atoms with Gasteiger partial charge in [0.25, 0.3) is 0 Å². The molecule has 0 atom stereocenters. The number of phenols is 1. The summed E-state index contributed by atoms with van der Waals surface area (Å²) in [5.74, 6) is 0.180. The number of fused-ring (bicyclic) bond motifs is 1. The van der Waals surface area contributed by atoms with E-state index in [2.05, 4.69) is 27.8 Å². The Hall–Kier alpha value is -1.13. The van der Waals surface area contributed by atoms with Gasteiger partial charge in [-0.1, -0.05) is 13.0 Å². The summed E-state index contributed by atoms with van der Waals surface area (Å²) in [6.07, 6.45) is 2.67. The highest BCUT2D eigenvalue weighted by atomic mass is 79.9. The van der Waals surface area contributed by atoms with Gasteiger partial charge in [-0.15, -0.1) is 0 Å². The number of ether oxygens (including phenoxy) is 1. The van der Waals surface area contributed by atoms with Crippen LogP contribution in [-0.2, 0) is 11.3 Å². The lowest BCUT2D eigenvalue weighted by molar-refractivity contribution is 0.122. The van der Waals surface area contributed by atoms with Gasteiger partial charge in [0.15, 0.2) is 5.75 Å². The van der Waals surface area contributed by atoms with Gasteiger partial charge in [0, 0.05) is 18.2 Å². The van der Waals surface area contributed by atoms with Crippen LogP contribution in [0.3, 0.4) is 0 Å². The lowest BCUT2D eigenvalue weighted by Gasteiger charge is -2.09. The molecule has 4 heteroatoms. The van der Waals surface area contributed by atoms with Crippen molar-refractivity contribution >= 4 is 26.8 Å². The van der Waals surface area contributed by atoms with E-state index in [9.17, 15) is 5.11 Å². The van der Waals surface area contributed by atoms with Crippen molar-refractivity contribution in [1.82, 2.24) is 4.98 Å². The molecule has 1 aromatic heterocycles. The molecule has 0 bridgehead atoms. The van der Waals surface area contributed by atoms with E-state index in [-0.39, 0.29) is 5.75 Å². The second-order valence-electron chi connectivity index (χ2n) is 3.82. The number of halogens is 1. The Kier molecular flexibility index (Phi) is 3.97. The van der Waals surface area contributed by atoms with Gasteiger partial charge < -0.3 is 9.84 Å². The number of hydrogen-bond donors (Lipinski definition) is 1. The number of benzene rings is 1. The summed E-state index contributed by atoms with van der Waals surface area (Å²) >= 11 is 3.33. The molecule has 0 aliphatic rings. The van der Waals surface area contributed by atoms with Crippen molar-refractivity contribution < 1.29 is 9.84 Å². The normalized spacial score (nSPS) is 10.9. The first kappa shape index (κ1) is 12.3. The summed E-state index contributed by atoms with van der Waals surface area (Å²) in [4.78, 5) is 4.19.